The van der Waals surface area contributed by atoms with Crippen LogP contribution in [0.1, 0.15) is 5.56 Å². The van der Waals surface area contributed by atoms with Crippen molar-refractivity contribution in [2.45, 2.75) is 6.54 Å². The monoisotopic (exact) mass is 434 g/mol. The molecule has 0 fully saturated rings. The lowest BCUT2D eigenvalue weighted by molar-refractivity contribution is 0.251. The number of carbonyl (C=O) groups is 1. The molecule has 7 nitrogen and oxygen atoms in total. The molecule has 0 radical (unpaired) electrons. The van der Waals surface area contributed by atoms with Crippen LogP contribution < -0.4 is 10.6 Å². The van der Waals surface area contributed by atoms with Gasteiger partial charge in [-0.1, -0.05) is 78.9 Å². The average Bonchev–Trinajstić information content (AvgIpc) is 3.57. The van der Waals surface area contributed by atoms with E-state index in [0.29, 0.717) is 12.5 Å². The highest BCUT2D eigenvalue weighted by Gasteiger charge is 2.08. The largest absolute Gasteiger partial charge is 0.345 e. The first-order chi connectivity index (χ1) is 16.2. The van der Waals surface area contributed by atoms with E-state index in [4.69, 9.17) is 0 Å². The van der Waals surface area contributed by atoms with Crippen molar-refractivity contribution >= 4 is 12.0 Å². The van der Waals surface area contributed by atoms with Gasteiger partial charge >= 0.3 is 6.03 Å². The van der Waals surface area contributed by atoms with Gasteiger partial charge in [0.15, 0.2) is 0 Å². The summed E-state index contributed by atoms with van der Waals surface area (Å²) in [4.78, 5) is 26.7. The lowest BCUT2D eigenvalue weighted by atomic mass is 10.0. The Hall–Kier alpha value is -4.65. The highest BCUT2D eigenvalue weighted by molar-refractivity contribution is 5.87. The number of hydrogen-bond donors (Lipinski definition) is 4. The third-order valence-electron chi connectivity index (χ3n) is 5.33. The summed E-state index contributed by atoms with van der Waals surface area (Å²) in [5.41, 5.74) is 7.18. The lowest BCUT2D eigenvalue weighted by Crippen LogP contribution is -2.28. The summed E-state index contributed by atoms with van der Waals surface area (Å²) in [6.07, 6.45) is 5.20. The smallest absolute Gasteiger partial charge is 0.321 e. The van der Waals surface area contributed by atoms with Crippen LogP contribution in [0.2, 0.25) is 0 Å². The summed E-state index contributed by atoms with van der Waals surface area (Å²) in [6.45, 7) is 0.449. The van der Waals surface area contributed by atoms with Crippen LogP contribution in [0.3, 0.4) is 0 Å². The Labute approximate surface area is 191 Å². The molecule has 0 unspecified atom stereocenters. The number of benzene rings is 3. The molecule has 162 valence electrons. The Morgan fingerprint density at radius 2 is 1.39 bits per heavy atom. The van der Waals surface area contributed by atoms with Gasteiger partial charge in [0.05, 0.1) is 30.1 Å². The van der Waals surface area contributed by atoms with Crippen molar-refractivity contribution in [2.24, 2.45) is 0 Å². The molecule has 7 heteroatoms. The molecular formula is C26H22N6O. The van der Waals surface area contributed by atoms with Crippen LogP contribution >= 0.6 is 0 Å². The first kappa shape index (κ1) is 20.3. The summed E-state index contributed by atoms with van der Waals surface area (Å²) in [7, 11) is 0. The highest BCUT2D eigenvalue weighted by Crippen LogP contribution is 2.26. The third-order valence-corrected chi connectivity index (χ3v) is 5.33. The van der Waals surface area contributed by atoms with Gasteiger partial charge in [0.25, 0.3) is 0 Å². The Balaban J connectivity index is 1.21. The van der Waals surface area contributed by atoms with Crippen LogP contribution in [0, 0.1) is 0 Å². The van der Waals surface area contributed by atoms with Gasteiger partial charge < -0.3 is 15.3 Å². The zero-order chi connectivity index (χ0) is 22.5. The van der Waals surface area contributed by atoms with E-state index in [0.717, 1.165) is 39.2 Å². The molecule has 0 aliphatic rings. The molecule has 0 bridgehead atoms. The molecule has 0 aliphatic carbocycles. The number of aromatic amines is 2. The zero-order valence-electron chi connectivity index (χ0n) is 17.7. The SMILES string of the molecule is O=C(NCc1ccccc1)Nc1ncc(-c2ccc(-c3ccc(-c4cnc[nH]4)cc3)cc2)[nH]1. The van der Waals surface area contributed by atoms with Crippen molar-refractivity contribution in [2.75, 3.05) is 5.32 Å². The van der Waals surface area contributed by atoms with Gasteiger partial charge in [-0.2, -0.15) is 0 Å². The number of hydrogen-bond acceptors (Lipinski definition) is 3. The lowest BCUT2D eigenvalue weighted by Gasteiger charge is -2.06. The molecule has 2 aromatic heterocycles. The number of anilines is 1. The molecule has 0 aliphatic heterocycles. The van der Waals surface area contributed by atoms with Gasteiger partial charge in [-0.25, -0.2) is 14.8 Å². The average molecular weight is 435 g/mol. The number of urea groups is 1. The molecular weight excluding hydrogens is 412 g/mol. The van der Waals surface area contributed by atoms with Crippen molar-refractivity contribution < 1.29 is 4.79 Å². The predicted octanol–water partition coefficient (Wildman–Crippen LogP) is 5.46. The van der Waals surface area contributed by atoms with Crippen molar-refractivity contribution in [3.8, 4) is 33.6 Å². The van der Waals surface area contributed by atoms with Gasteiger partial charge in [0.1, 0.15) is 0 Å². The number of rotatable bonds is 6. The fourth-order valence-electron chi connectivity index (χ4n) is 3.56. The van der Waals surface area contributed by atoms with E-state index < -0.39 is 0 Å². The van der Waals surface area contributed by atoms with E-state index in [2.05, 4.69) is 67.0 Å². The van der Waals surface area contributed by atoms with Crippen LogP contribution in [0.4, 0.5) is 10.7 Å². The molecule has 3 aromatic carbocycles. The van der Waals surface area contributed by atoms with Gasteiger partial charge in [0, 0.05) is 6.54 Å². The van der Waals surface area contributed by atoms with Gasteiger partial charge in [-0.3, -0.25) is 5.32 Å². The van der Waals surface area contributed by atoms with Crippen LogP contribution in [0.5, 0.6) is 0 Å². The third kappa shape index (κ3) is 4.83. The molecule has 2 amide bonds. The number of nitrogens with one attached hydrogen (secondary N) is 4. The minimum Gasteiger partial charge on any atom is -0.345 e. The van der Waals surface area contributed by atoms with E-state index in [-0.39, 0.29) is 6.03 Å². The second kappa shape index (κ2) is 9.23. The van der Waals surface area contributed by atoms with E-state index in [1.165, 1.54) is 0 Å². The molecule has 0 saturated heterocycles. The summed E-state index contributed by atoms with van der Waals surface area (Å²) in [5.74, 6) is 0.397. The summed E-state index contributed by atoms with van der Waals surface area (Å²) >= 11 is 0. The second-order valence-corrected chi connectivity index (χ2v) is 7.56. The number of carbonyl (C=O) groups excluding carboxylic acids is 1. The highest BCUT2D eigenvalue weighted by atomic mass is 16.2. The standard InChI is InChI=1S/C26H22N6O/c33-26(29-14-18-4-2-1-3-5-18)32-25-28-16-24(31-25)22-12-8-20(9-13-22)19-6-10-21(11-7-19)23-15-27-17-30-23/h1-13,15-17H,14H2,(H,27,30)(H3,28,29,31,32,33). The number of amides is 2. The summed E-state index contributed by atoms with van der Waals surface area (Å²) in [6, 6.07) is 26.0. The number of H-pyrrole nitrogens is 2. The van der Waals surface area contributed by atoms with E-state index >= 15 is 0 Å². The Kier molecular flexibility index (Phi) is 5.67. The first-order valence-corrected chi connectivity index (χ1v) is 10.6. The molecule has 2 heterocycles. The molecule has 33 heavy (non-hydrogen) atoms. The molecule has 0 saturated carbocycles. The van der Waals surface area contributed by atoms with Crippen molar-refractivity contribution in [1.29, 1.82) is 0 Å². The van der Waals surface area contributed by atoms with Crippen LogP contribution in [-0.2, 0) is 6.54 Å². The van der Waals surface area contributed by atoms with Gasteiger partial charge in [-0.05, 0) is 27.8 Å². The topological polar surface area (TPSA) is 98.5 Å². The minimum atomic E-state index is -0.311. The Bertz CT molecular complexity index is 1320. The zero-order valence-corrected chi connectivity index (χ0v) is 17.7. The van der Waals surface area contributed by atoms with Crippen LogP contribution in [0.25, 0.3) is 33.6 Å². The summed E-state index contributed by atoms with van der Waals surface area (Å²) < 4.78 is 0. The van der Waals surface area contributed by atoms with Crippen molar-refractivity contribution in [3.63, 3.8) is 0 Å². The number of nitrogens with zero attached hydrogens (tertiary/aromatic N) is 2. The van der Waals surface area contributed by atoms with Crippen LogP contribution in [-0.4, -0.2) is 26.0 Å². The maximum absolute atomic E-state index is 12.1. The van der Waals surface area contributed by atoms with Crippen LogP contribution in [0.15, 0.2) is 97.6 Å². The molecule has 0 atom stereocenters. The van der Waals surface area contributed by atoms with Gasteiger partial charge in [-0.15, -0.1) is 0 Å². The quantitative estimate of drug-likeness (QED) is 0.286. The van der Waals surface area contributed by atoms with Crippen molar-refractivity contribution in [3.05, 3.63) is 103 Å². The maximum atomic E-state index is 12.1. The number of imidazole rings is 2. The first-order valence-electron chi connectivity index (χ1n) is 10.6. The number of aromatic nitrogens is 4. The fourth-order valence-corrected chi connectivity index (χ4v) is 3.56. The van der Waals surface area contributed by atoms with Gasteiger partial charge in [0.2, 0.25) is 5.95 Å². The second-order valence-electron chi connectivity index (χ2n) is 7.56. The molecule has 5 aromatic rings. The summed E-state index contributed by atoms with van der Waals surface area (Å²) in [5, 5.41) is 5.55. The van der Waals surface area contributed by atoms with E-state index in [1.807, 2.05) is 48.7 Å². The molecule has 0 spiro atoms. The Morgan fingerprint density at radius 1 is 0.758 bits per heavy atom. The fraction of sp³-hybridized carbons (Fsp3) is 0.0385. The molecule has 5 rings (SSSR count). The predicted molar refractivity (Wildman–Crippen MR) is 129 cm³/mol. The van der Waals surface area contributed by atoms with Crippen molar-refractivity contribution in [1.82, 2.24) is 25.3 Å². The van der Waals surface area contributed by atoms with E-state index in [1.54, 1.807) is 12.5 Å². The molecule has 4 N–H and O–H groups in total. The normalized spacial score (nSPS) is 10.7. The minimum absolute atomic E-state index is 0.311. The Morgan fingerprint density at radius 3 is 2.03 bits per heavy atom. The maximum Gasteiger partial charge on any atom is 0.321 e. The van der Waals surface area contributed by atoms with E-state index in [9.17, 15) is 4.79 Å².